The van der Waals surface area contributed by atoms with Gasteiger partial charge < -0.3 is 15.1 Å². The third-order valence-electron chi connectivity index (χ3n) is 4.96. The van der Waals surface area contributed by atoms with Crippen LogP contribution in [-0.4, -0.2) is 57.1 Å². The van der Waals surface area contributed by atoms with Crippen molar-refractivity contribution >= 4 is 17.5 Å². The Labute approximate surface area is 170 Å². The fourth-order valence-electron chi connectivity index (χ4n) is 3.54. The SMILES string of the molecule is Cc1cc(C)cc(NC(=O)N2CCN(c3ccc(-n4ccc(C)n4)nn3)CC2)c1. The molecule has 1 aliphatic heterocycles. The van der Waals surface area contributed by atoms with Gasteiger partial charge in [0.1, 0.15) is 0 Å². The highest BCUT2D eigenvalue weighted by molar-refractivity contribution is 5.89. The quantitative estimate of drug-likeness (QED) is 0.743. The van der Waals surface area contributed by atoms with Gasteiger partial charge in [0.15, 0.2) is 11.6 Å². The molecule has 1 saturated heterocycles. The summed E-state index contributed by atoms with van der Waals surface area (Å²) in [6.07, 6.45) is 1.87. The van der Waals surface area contributed by atoms with Crippen LogP contribution < -0.4 is 10.2 Å². The van der Waals surface area contributed by atoms with Crippen LogP contribution in [0.2, 0.25) is 0 Å². The summed E-state index contributed by atoms with van der Waals surface area (Å²) < 4.78 is 1.71. The molecule has 3 heterocycles. The van der Waals surface area contributed by atoms with E-state index in [9.17, 15) is 4.79 Å². The van der Waals surface area contributed by atoms with Gasteiger partial charge in [-0.1, -0.05) is 6.07 Å². The second-order valence-electron chi connectivity index (χ2n) is 7.43. The first kappa shape index (κ1) is 18.9. The number of nitrogens with zero attached hydrogens (tertiary/aromatic N) is 6. The van der Waals surface area contributed by atoms with E-state index in [1.54, 1.807) is 4.68 Å². The van der Waals surface area contributed by atoms with Gasteiger partial charge in [-0.2, -0.15) is 5.10 Å². The fraction of sp³-hybridized carbons (Fsp3) is 0.333. The summed E-state index contributed by atoms with van der Waals surface area (Å²) in [4.78, 5) is 16.6. The lowest BCUT2D eigenvalue weighted by Gasteiger charge is -2.35. The lowest BCUT2D eigenvalue weighted by atomic mass is 10.1. The summed E-state index contributed by atoms with van der Waals surface area (Å²) in [6, 6.07) is 11.8. The Morgan fingerprint density at radius 1 is 0.897 bits per heavy atom. The van der Waals surface area contributed by atoms with E-state index in [1.165, 1.54) is 0 Å². The lowest BCUT2D eigenvalue weighted by molar-refractivity contribution is 0.208. The topological polar surface area (TPSA) is 79.2 Å². The number of aryl methyl sites for hydroxylation is 3. The minimum absolute atomic E-state index is 0.0647. The zero-order chi connectivity index (χ0) is 20.4. The molecule has 0 aliphatic carbocycles. The van der Waals surface area contributed by atoms with E-state index in [1.807, 2.05) is 62.2 Å². The van der Waals surface area contributed by atoms with Crippen molar-refractivity contribution in [3.8, 4) is 5.82 Å². The number of benzene rings is 1. The van der Waals surface area contributed by atoms with Crippen molar-refractivity contribution in [2.45, 2.75) is 20.8 Å². The highest BCUT2D eigenvalue weighted by Crippen LogP contribution is 2.17. The van der Waals surface area contributed by atoms with Crippen molar-refractivity contribution in [1.29, 1.82) is 0 Å². The molecular weight excluding hydrogens is 366 g/mol. The largest absolute Gasteiger partial charge is 0.352 e. The van der Waals surface area contributed by atoms with E-state index in [2.05, 4.69) is 31.6 Å². The van der Waals surface area contributed by atoms with Crippen molar-refractivity contribution in [1.82, 2.24) is 24.9 Å². The van der Waals surface area contributed by atoms with Crippen LogP contribution in [0.3, 0.4) is 0 Å². The normalized spacial score (nSPS) is 14.2. The number of carbonyl (C=O) groups excluding carboxylic acids is 1. The van der Waals surface area contributed by atoms with E-state index in [4.69, 9.17) is 0 Å². The minimum Gasteiger partial charge on any atom is -0.352 e. The molecule has 4 rings (SSSR count). The zero-order valence-corrected chi connectivity index (χ0v) is 17.0. The van der Waals surface area contributed by atoms with E-state index in [0.29, 0.717) is 18.9 Å². The molecule has 150 valence electrons. The number of anilines is 2. The van der Waals surface area contributed by atoms with Gasteiger partial charge in [-0.15, -0.1) is 10.2 Å². The summed E-state index contributed by atoms with van der Waals surface area (Å²) in [5.74, 6) is 1.50. The van der Waals surface area contributed by atoms with Gasteiger partial charge in [0.05, 0.1) is 5.69 Å². The molecule has 0 radical (unpaired) electrons. The number of carbonyl (C=O) groups is 1. The summed E-state index contributed by atoms with van der Waals surface area (Å²) in [5, 5.41) is 16.0. The van der Waals surface area contributed by atoms with Crippen LogP contribution in [0.25, 0.3) is 5.82 Å². The molecular formula is C21H25N7O. The van der Waals surface area contributed by atoms with Crippen molar-refractivity contribution in [3.05, 3.63) is 59.4 Å². The third kappa shape index (κ3) is 4.37. The number of nitrogens with one attached hydrogen (secondary N) is 1. The van der Waals surface area contributed by atoms with Gasteiger partial charge in [-0.05, 0) is 62.2 Å². The molecule has 29 heavy (non-hydrogen) atoms. The average Bonchev–Trinajstić information content (AvgIpc) is 3.14. The smallest absolute Gasteiger partial charge is 0.321 e. The first-order valence-electron chi connectivity index (χ1n) is 9.73. The summed E-state index contributed by atoms with van der Waals surface area (Å²) in [6.45, 7) is 8.71. The van der Waals surface area contributed by atoms with Crippen molar-refractivity contribution in [2.75, 3.05) is 36.4 Å². The Kier molecular flexibility index (Phi) is 5.16. The van der Waals surface area contributed by atoms with E-state index >= 15 is 0 Å². The Morgan fingerprint density at radius 3 is 2.14 bits per heavy atom. The first-order chi connectivity index (χ1) is 14.0. The summed E-state index contributed by atoms with van der Waals surface area (Å²) in [7, 11) is 0. The number of urea groups is 1. The first-order valence-corrected chi connectivity index (χ1v) is 9.73. The van der Waals surface area contributed by atoms with Crippen LogP contribution in [0.1, 0.15) is 16.8 Å². The number of aromatic nitrogens is 4. The monoisotopic (exact) mass is 391 g/mol. The predicted octanol–water partition coefficient (Wildman–Crippen LogP) is 2.94. The van der Waals surface area contributed by atoms with E-state index in [-0.39, 0.29) is 6.03 Å². The molecule has 2 aromatic heterocycles. The van der Waals surface area contributed by atoms with Crippen LogP contribution >= 0.6 is 0 Å². The molecule has 3 aromatic rings. The molecule has 0 unspecified atom stereocenters. The molecule has 0 spiro atoms. The standard InChI is InChI=1S/C21H25N7O/c1-15-12-16(2)14-18(13-15)22-21(29)27-10-8-26(9-11-27)19-4-5-20(24-23-19)28-7-6-17(3)25-28/h4-7,12-14H,8-11H2,1-3H3,(H,22,29). The third-order valence-corrected chi connectivity index (χ3v) is 4.96. The Balaban J connectivity index is 1.34. The van der Waals surface area contributed by atoms with Crippen molar-refractivity contribution < 1.29 is 4.79 Å². The number of hydrogen-bond donors (Lipinski definition) is 1. The van der Waals surface area contributed by atoms with E-state index < -0.39 is 0 Å². The highest BCUT2D eigenvalue weighted by atomic mass is 16.2. The maximum Gasteiger partial charge on any atom is 0.321 e. The molecule has 8 heteroatoms. The molecule has 0 saturated carbocycles. The number of piperazine rings is 1. The van der Waals surface area contributed by atoms with E-state index in [0.717, 1.165) is 41.4 Å². The van der Waals surface area contributed by atoms with Gasteiger partial charge in [0.2, 0.25) is 0 Å². The Bertz CT molecular complexity index is 984. The number of hydrogen-bond acceptors (Lipinski definition) is 5. The average molecular weight is 391 g/mol. The van der Waals surface area contributed by atoms with Gasteiger partial charge in [-0.3, -0.25) is 0 Å². The zero-order valence-electron chi connectivity index (χ0n) is 17.0. The lowest BCUT2D eigenvalue weighted by Crippen LogP contribution is -2.50. The molecule has 1 aromatic carbocycles. The second-order valence-corrected chi connectivity index (χ2v) is 7.43. The molecule has 0 atom stereocenters. The van der Waals surface area contributed by atoms with Crippen LogP contribution in [-0.2, 0) is 0 Å². The van der Waals surface area contributed by atoms with Crippen LogP contribution in [0.4, 0.5) is 16.3 Å². The molecule has 2 amide bonds. The second kappa shape index (κ2) is 7.90. The maximum absolute atomic E-state index is 12.6. The number of amides is 2. The van der Waals surface area contributed by atoms with Gasteiger partial charge in [-0.25, -0.2) is 9.48 Å². The van der Waals surface area contributed by atoms with Gasteiger partial charge in [0.25, 0.3) is 0 Å². The van der Waals surface area contributed by atoms with Crippen LogP contribution in [0, 0.1) is 20.8 Å². The summed E-state index contributed by atoms with van der Waals surface area (Å²) in [5.41, 5.74) is 4.05. The maximum atomic E-state index is 12.6. The Hall–Kier alpha value is -3.42. The van der Waals surface area contributed by atoms with Crippen molar-refractivity contribution in [3.63, 3.8) is 0 Å². The minimum atomic E-state index is -0.0647. The highest BCUT2D eigenvalue weighted by Gasteiger charge is 2.22. The van der Waals surface area contributed by atoms with Crippen LogP contribution in [0.5, 0.6) is 0 Å². The number of rotatable bonds is 3. The Morgan fingerprint density at radius 2 is 1.55 bits per heavy atom. The molecule has 1 N–H and O–H groups in total. The summed E-state index contributed by atoms with van der Waals surface area (Å²) >= 11 is 0. The molecule has 0 bridgehead atoms. The van der Waals surface area contributed by atoms with Crippen LogP contribution in [0.15, 0.2) is 42.6 Å². The fourth-order valence-corrected chi connectivity index (χ4v) is 3.54. The van der Waals surface area contributed by atoms with Crippen molar-refractivity contribution in [2.24, 2.45) is 0 Å². The van der Waals surface area contributed by atoms with Gasteiger partial charge >= 0.3 is 6.03 Å². The molecule has 8 nitrogen and oxygen atoms in total. The molecule has 1 aliphatic rings. The molecule has 1 fully saturated rings. The van der Waals surface area contributed by atoms with Gasteiger partial charge in [0, 0.05) is 38.1 Å². The predicted molar refractivity (Wildman–Crippen MR) is 113 cm³/mol.